The molecular formula is C23H17N3O3S. The number of ether oxygens (including phenoxy) is 1. The Morgan fingerprint density at radius 1 is 1.10 bits per heavy atom. The number of benzene rings is 2. The number of hydrogen-bond acceptors (Lipinski definition) is 5. The molecule has 148 valence electrons. The van der Waals surface area contributed by atoms with Crippen LogP contribution in [0.5, 0.6) is 5.75 Å². The van der Waals surface area contributed by atoms with Gasteiger partial charge in [-0.15, -0.1) is 11.3 Å². The number of nitrogens with one attached hydrogen (secondary N) is 2. The van der Waals surface area contributed by atoms with Gasteiger partial charge in [-0.1, -0.05) is 36.4 Å². The molecule has 0 atom stereocenters. The summed E-state index contributed by atoms with van der Waals surface area (Å²) < 4.78 is 11.1. The highest BCUT2D eigenvalue weighted by Gasteiger charge is 2.18. The number of para-hydroxylation sites is 2. The monoisotopic (exact) mass is 415 g/mol. The van der Waals surface area contributed by atoms with Crippen LogP contribution in [0.15, 0.2) is 82.9 Å². The summed E-state index contributed by atoms with van der Waals surface area (Å²) in [4.78, 5) is 20.5. The predicted molar refractivity (Wildman–Crippen MR) is 117 cm³/mol. The van der Waals surface area contributed by atoms with Gasteiger partial charge in [-0.2, -0.15) is 0 Å². The normalized spacial score (nSPS) is 10.9. The number of thiazole rings is 1. The molecule has 1 amide bonds. The molecule has 7 heteroatoms. The van der Waals surface area contributed by atoms with Crippen LogP contribution in [0.4, 0.5) is 5.13 Å². The molecule has 5 rings (SSSR count). The van der Waals surface area contributed by atoms with Gasteiger partial charge in [-0.3, -0.25) is 10.1 Å². The van der Waals surface area contributed by atoms with Crippen LogP contribution in [0, 0.1) is 0 Å². The van der Waals surface area contributed by atoms with Crippen molar-refractivity contribution in [2.24, 2.45) is 0 Å². The fourth-order valence-electron chi connectivity index (χ4n) is 3.22. The maximum absolute atomic E-state index is 12.7. The Morgan fingerprint density at radius 3 is 2.83 bits per heavy atom. The highest BCUT2D eigenvalue weighted by Crippen LogP contribution is 2.31. The third kappa shape index (κ3) is 3.58. The molecule has 5 aromatic rings. The fourth-order valence-corrected chi connectivity index (χ4v) is 3.92. The third-order valence-electron chi connectivity index (χ3n) is 4.68. The summed E-state index contributed by atoms with van der Waals surface area (Å²) in [5.74, 6) is 0.592. The van der Waals surface area contributed by atoms with Crippen molar-refractivity contribution in [3.05, 3.63) is 89.8 Å². The van der Waals surface area contributed by atoms with Gasteiger partial charge in [-0.25, -0.2) is 4.98 Å². The van der Waals surface area contributed by atoms with E-state index in [0.717, 1.165) is 27.9 Å². The van der Waals surface area contributed by atoms with Crippen molar-refractivity contribution in [2.45, 2.75) is 6.61 Å². The first-order chi connectivity index (χ1) is 14.8. The van der Waals surface area contributed by atoms with Crippen LogP contribution in [-0.4, -0.2) is 15.9 Å². The smallest absolute Gasteiger partial charge is 0.293 e. The van der Waals surface area contributed by atoms with Crippen LogP contribution in [0.3, 0.4) is 0 Å². The molecule has 0 bridgehead atoms. The average Bonchev–Trinajstić information content (AvgIpc) is 3.52. The van der Waals surface area contributed by atoms with Crippen LogP contribution in [0.25, 0.3) is 22.2 Å². The standard InChI is InChI=1S/C23H17N3O3S/c27-22(21-15(10-11-28-21)13-29-16-6-2-1-3-7-16)26-23-25-20(14-30-23)18-12-24-19-9-5-4-8-17(18)19/h1-12,14,24H,13H2,(H,25,26,27). The minimum absolute atomic E-state index is 0.217. The maximum Gasteiger partial charge on any atom is 0.293 e. The van der Waals surface area contributed by atoms with Gasteiger partial charge in [0.2, 0.25) is 0 Å². The molecule has 0 aliphatic rings. The fraction of sp³-hybridized carbons (Fsp3) is 0.0435. The zero-order chi connectivity index (χ0) is 20.3. The van der Waals surface area contributed by atoms with E-state index in [9.17, 15) is 4.79 Å². The number of aromatic nitrogens is 2. The van der Waals surface area contributed by atoms with E-state index in [0.29, 0.717) is 10.7 Å². The van der Waals surface area contributed by atoms with Gasteiger partial charge >= 0.3 is 0 Å². The summed E-state index contributed by atoms with van der Waals surface area (Å²) in [6.07, 6.45) is 3.41. The number of fused-ring (bicyclic) bond motifs is 1. The number of carbonyl (C=O) groups excluding carboxylic acids is 1. The molecular weight excluding hydrogens is 398 g/mol. The van der Waals surface area contributed by atoms with Crippen molar-refractivity contribution < 1.29 is 13.9 Å². The second-order valence-corrected chi connectivity index (χ2v) is 7.47. The van der Waals surface area contributed by atoms with Crippen LogP contribution < -0.4 is 10.1 Å². The van der Waals surface area contributed by atoms with Crippen LogP contribution in [-0.2, 0) is 6.61 Å². The molecule has 0 unspecified atom stereocenters. The number of amides is 1. The van der Waals surface area contributed by atoms with Gasteiger partial charge < -0.3 is 14.1 Å². The second kappa shape index (κ2) is 7.88. The maximum atomic E-state index is 12.7. The van der Waals surface area contributed by atoms with E-state index in [-0.39, 0.29) is 18.3 Å². The van der Waals surface area contributed by atoms with Gasteiger partial charge in [0, 0.05) is 33.6 Å². The van der Waals surface area contributed by atoms with Crippen molar-refractivity contribution in [3.8, 4) is 17.0 Å². The molecule has 2 N–H and O–H groups in total. The highest BCUT2D eigenvalue weighted by atomic mass is 32.1. The molecule has 0 saturated carbocycles. The van der Waals surface area contributed by atoms with E-state index in [1.54, 1.807) is 6.07 Å². The minimum atomic E-state index is -0.355. The zero-order valence-electron chi connectivity index (χ0n) is 15.8. The first-order valence-corrected chi connectivity index (χ1v) is 10.2. The van der Waals surface area contributed by atoms with E-state index in [4.69, 9.17) is 9.15 Å². The Hall–Kier alpha value is -3.84. The van der Waals surface area contributed by atoms with Gasteiger partial charge in [-0.05, 0) is 24.3 Å². The first kappa shape index (κ1) is 18.2. The lowest BCUT2D eigenvalue weighted by molar-refractivity contribution is 0.0993. The molecule has 0 fully saturated rings. The highest BCUT2D eigenvalue weighted by molar-refractivity contribution is 7.14. The van der Waals surface area contributed by atoms with Crippen molar-refractivity contribution in [1.82, 2.24) is 9.97 Å². The number of rotatable bonds is 6. The SMILES string of the molecule is O=C(Nc1nc(-c2c[nH]c3ccccc23)cs1)c1occc1COc1ccccc1. The van der Waals surface area contributed by atoms with E-state index in [1.165, 1.54) is 17.6 Å². The Morgan fingerprint density at radius 2 is 1.93 bits per heavy atom. The van der Waals surface area contributed by atoms with Crippen LogP contribution >= 0.6 is 11.3 Å². The van der Waals surface area contributed by atoms with Gasteiger partial charge in [0.25, 0.3) is 5.91 Å². The minimum Gasteiger partial charge on any atom is -0.489 e. The van der Waals surface area contributed by atoms with Gasteiger partial charge in [0.15, 0.2) is 10.9 Å². The Labute approximate surface area is 176 Å². The molecule has 3 heterocycles. The molecule has 0 aliphatic carbocycles. The van der Waals surface area contributed by atoms with E-state index in [2.05, 4.69) is 15.3 Å². The van der Waals surface area contributed by atoms with Crippen molar-refractivity contribution in [2.75, 3.05) is 5.32 Å². The lowest BCUT2D eigenvalue weighted by Gasteiger charge is -2.06. The van der Waals surface area contributed by atoms with E-state index >= 15 is 0 Å². The summed E-state index contributed by atoms with van der Waals surface area (Å²) >= 11 is 1.37. The summed E-state index contributed by atoms with van der Waals surface area (Å²) in [6.45, 7) is 0.238. The van der Waals surface area contributed by atoms with E-state index < -0.39 is 0 Å². The Kier molecular flexibility index (Phi) is 4.78. The number of carbonyl (C=O) groups is 1. The Bertz CT molecular complexity index is 1300. The molecule has 6 nitrogen and oxygen atoms in total. The molecule has 30 heavy (non-hydrogen) atoms. The summed E-state index contributed by atoms with van der Waals surface area (Å²) in [7, 11) is 0. The lowest BCUT2D eigenvalue weighted by Crippen LogP contribution is -2.13. The number of nitrogens with zero attached hydrogens (tertiary/aromatic N) is 1. The molecule has 0 aliphatic heterocycles. The van der Waals surface area contributed by atoms with Crippen molar-refractivity contribution in [1.29, 1.82) is 0 Å². The number of furan rings is 1. The van der Waals surface area contributed by atoms with E-state index in [1.807, 2.05) is 66.2 Å². The molecule has 2 aromatic carbocycles. The van der Waals surface area contributed by atoms with Crippen molar-refractivity contribution >= 4 is 33.3 Å². The molecule has 0 spiro atoms. The number of anilines is 1. The van der Waals surface area contributed by atoms with Crippen LogP contribution in [0.2, 0.25) is 0 Å². The van der Waals surface area contributed by atoms with Crippen LogP contribution in [0.1, 0.15) is 16.1 Å². The molecule has 3 aromatic heterocycles. The van der Waals surface area contributed by atoms with Crippen molar-refractivity contribution in [3.63, 3.8) is 0 Å². The van der Waals surface area contributed by atoms with Gasteiger partial charge in [0.1, 0.15) is 12.4 Å². The quantitative estimate of drug-likeness (QED) is 0.372. The summed E-state index contributed by atoms with van der Waals surface area (Å²) in [6, 6.07) is 19.2. The second-order valence-electron chi connectivity index (χ2n) is 6.62. The topological polar surface area (TPSA) is 80.2 Å². The third-order valence-corrected chi connectivity index (χ3v) is 5.44. The largest absolute Gasteiger partial charge is 0.489 e. The summed E-state index contributed by atoms with van der Waals surface area (Å²) in [5, 5.41) is 6.34. The summed E-state index contributed by atoms with van der Waals surface area (Å²) in [5.41, 5.74) is 3.52. The first-order valence-electron chi connectivity index (χ1n) is 9.35. The Balaban J connectivity index is 1.30. The molecule has 0 saturated heterocycles. The zero-order valence-corrected chi connectivity index (χ0v) is 16.6. The average molecular weight is 415 g/mol. The predicted octanol–water partition coefficient (Wildman–Crippen LogP) is 5.72. The molecule has 0 radical (unpaired) electrons. The lowest BCUT2D eigenvalue weighted by atomic mass is 10.1. The number of H-pyrrole nitrogens is 1. The number of hydrogen-bond donors (Lipinski definition) is 2. The van der Waals surface area contributed by atoms with Gasteiger partial charge in [0.05, 0.1) is 12.0 Å². The number of aromatic amines is 1.